The van der Waals surface area contributed by atoms with Gasteiger partial charge >= 0.3 is 5.97 Å². The summed E-state index contributed by atoms with van der Waals surface area (Å²) in [6, 6.07) is 17.0. The van der Waals surface area contributed by atoms with Crippen LogP contribution in [0.2, 0.25) is 0 Å². The van der Waals surface area contributed by atoms with E-state index in [4.69, 9.17) is 9.26 Å². The standard InChI is InChI=1S/C24H25N3O5/c1-4-31-24(30)21(22(28)25-15-20-14-16(2)32-26-20)27(3)23(29)19-12-10-18(11-13-19)17-8-6-5-7-9-17/h5-14,21H,4,15H2,1-3H3,(H,25,28)/t21-/m1/s1. The van der Waals surface area contributed by atoms with Crippen LogP contribution in [0.4, 0.5) is 0 Å². The summed E-state index contributed by atoms with van der Waals surface area (Å²) in [6.07, 6.45) is 0. The molecule has 0 saturated carbocycles. The molecule has 1 N–H and O–H groups in total. The van der Waals surface area contributed by atoms with Crippen molar-refractivity contribution in [2.45, 2.75) is 26.4 Å². The molecule has 0 radical (unpaired) electrons. The number of benzene rings is 2. The number of carbonyl (C=O) groups is 3. The molecule has 1 atom stereocenters. The Morgan fingerprint density at radius 3 is 2.31 bits per heavy atom. The van der Waals surface area contributed by atoms with Crippen LogP contribution in [0.15, 0.2) is 65.2 Å². The van der Waals surface area contributed by atoms with Gasteiger partial charge in [-0.05, 0) is 37.1 Å². The van der Waals surface area contributed by atoms with E-state index in [1.54, 1.807) is 32.0 Å². The second kappa shape index (κ2) is 10.4. The minimum atomic E-state index is -1.44. The fourth-order valence-corrected chi connectivity index (χ4v) is 3.19. The van der Waals surface area contributed by atoms with Crippen molar-refractivity contribution in [3.8, 4) is 11.1 Å². The molecule has 0 aliphatic carbocycles. The molecule has 3 rings (SSSR count). The normalized spacial score (nSPS) is 11.5. The molecule has 0 unspecified atom stereocenters. The zero-order valence-corrected chi connectivity index (χ0v) is 18.2. The van der Waals surface area contributed by atoms with Crippen LogP contribution in [0.1, 0.15) is 28.7 Å². The fraction of sp³-hybridized carbons (Fsp3) is 0.250. The molecule has 0 spiro atoms. The van der Waals surface area contributed by atoms with Crippen molar-refractivity contribution in [2.24, 2.45) is 0 Å². The number of likely N-dealkylation sites (N-methyl/N-ethyl adjacent to an activating group) is 1. The Hall–Kier alpha value is -3.94. The molecule has 0 bridgehead atoms. The van der Waals surface area contributed by atoms with E-state index in [0.29, 0.717) is 17.0 Å². The Labute approximate surface area is 186 Å². The first-order chi connectivity index (χ1) is 15.4. The summed E-state index contributed by atoms with van der Waals surface area (Å²) in [5.74, 6) is -1.35. The molecule has 2 amide bonds. The van der Waals surface area contributed by atoms with Gasteiger partial charge in [0.2, 0.25) is 6.04 Å². The van der Waals surface area contributed by atoms with Crippen LogP contribution in [-0.4, -0.2) is 47.5 Å². The summed E-state index contributed by atoms with van der Waals surface area (Å²) in [4.78, 5) is 39.4. The highest BCUT2D eigenvalue weighted by Gasteiger charge is 2.35. The van der Waals surface area contributed by atoms with Gasteiger partial charge in [0.05, 0.1) is 13.2 Å². The van der Waals surface area contributed by atoms with E-state index in [-0.39, 0.29) is 13.2 Å². The lowest BCUT2D eigenvalue weighted by Gasteiger charge is -2.25. The average Bonchev–Trinajstić information content (AvgIpc) is 3.23. The highest BCUT2D eigenvalue weighted by atomic mass is 16.5. The van der Waals surface area contributed by atoms with Gasteiger partial charge in [-0.3, -0.25) is 9.59 Å². The quantitative estimate of drug-likeness (QED) is 0.431. The van der Waals surface area contributed by atoms with E-state index in [1.807, 2.05) is 42.5 Å². The Morgan fingerprint density at radius 2 is 1.72 bits per heavy atom. The third-order valence-electron chi connectivity index (χ3n) is 4.83. The highest BCUT2D eigenvalue weighted by Crippen LogP contribution is 2.20. The number of rotatable bonds is 8. The molecule has 1 aromatic heterocycles. The van der Waals surface area contributed by atoms with Gasteiger partial charge in [0.25, 0.3) is 11.8 Å². The Morgan fingerprint density at radius 1 is 1.06 bits per heavy atom. The Kier molecular flexibility index (Phi) is 7.38. The second-order valence-corrected chi connectivity index (χ2v) is 7.16. The van der Waals surface area contributed by atoms with Crippen LogP contribution in [0, 0.1) is 6.92 Å². The molecule has 2 aromatic carbocycles. The molecule has 3 aromatic rings. The van der Waals surface area contributed by atoms with E-state index in [0.717, 1.165) is 16.0 Å². The maximum atomic E-state index is 13.0. The Balaban J connectivity index is 1.75. The summed E-state index contributed by atoms with van der Waals surface area (Å²) < 4.78 is 10.0. The monoisotopic (exact) mass is 435 g/mol. The van der Waals surface area contributed by atoms with Crippen LogP contribution >= 0.6 is 0 Å². The van der Waals surface area contributed by atoms with Gasteiger partial charge in [-0.25, -0.2) is 4.79 Å². The first-order valence-corrected chi connectivity index (χ1v) is 10.2. The molecular formula is C24H25N3O5. The number of nitrogens with zero attached hydrogens (tertiary/aromatic N) is 2. The molecular weight excluding hydrogens is 410 g/mol. The lowest BCUT2D eigenvalue weighted by Crippen LogP contribution is -2.52. The predicted octanol–water partition coefficient (Wildman–Crippen LogP) is 2.97. The number of carbonyl (C=O) groups excluding carboxylic acids is 3. The number of amides is 2. The number of hydrogen-bond acceptors (Lipinski definition) is 6. The van der Waals surface area contributed by atoms with E-state index < -0.39 is 23.8 Å². The molecule has 166 valence electrons. The predicted molar refractivity (Wildman–Crippen MR) is 117 cm³/mol. The molecule has 8 heteroatoms. The molecule has 0 aliphatic rings. The number of aromatic nitrogens is 1. The van der Waals surface area contributed by atoms with Crippen molar-refractivity contribution in [1.29, 1.82) is 0 Å². The number of nitrogens with one attached hydrogen (secondary N) is 1. The maximum absolute atomic E-state index is 13.0. The zero-order chi connectivity index (χ0) is 23.1. The van der Waals surface area contributed by atoms with Gasteiger partial charge in [0.15, 0.2) is 0 Å². The van der Waals surface area contributed by atoms with Gasteiger partial charge in [0.1, 0.15) is 11.5 Å². The highest BCUT2D eigenvalue weighted by molar-refractivity contribution is 6.07. The number of aryl methyl sites for hydroxylation is 1. The van der Waals surface area contributed by atoms with E-state index in [1.165, 1.54) is 7.05 Å². The van der Waals surface area contributed by atoms with Gasteiger partial charge in [-0.2, -0.15) is 0 Å². The minimum absolute atomic E-state index is 0.0554. The van der Waals surface area contributed by atoms with Crippen molar-refractivity contribution < 1.29 is 23.6 Å². The van der Waals surface area contributed by atoms with Crippen molar-refractivity contribution in [3.05, 3.63) is 77.7 Å². The fourth-order valence-electron chi connectivity index (χ4n) is 3.19. The largest absolute Gasteiger partial charge is 0.464 e. The summed E-state index contributed by atoms with van der Waals surface area (Å²) in [5, 5.41) is 6.42. The van der Waals surface area contributed by atoms with E-state index >= 15 is 0 Å². The summed E-state index contributed by atoms with van der Waals surface area (Å²) >= 11 is 0. The van der Waals surface area contributed by atoms with Crippen LogP contribution in [0.3, 0.4) is 0 Å². The van der Waals surface area contributed by atoms with Crippen LogP contribution < -0.4 is 5.32 Å². The first-order valence-electron chi connectivity index (χ1n) is 10.2. The average molecular weight is 435 g/mol. The van der Waals surface area contributed by atoms with Crippen LogP contribution in [0.25, 0.3) is 11.1 Å². The maximum Gasteiger partial charge on any atom is 0.338 e. The summed E-state index contributed by atoms with van der Waals surface area (Å²) in [7, 11) is 1.40. The topological polar surface area (TPSA) is 102 Å². The number of ether oxygens (including phenoxy) is 1. The Bertz CT molecular complexity index is 1080. The summed E-state index contributed by atoms with van der Waals surface area (Å²) in [5.41, 5.74) is 2.82. The summed E-state index contributed by atoms with van der Waals surface area (Å²) in [6.45, 7) is 3.50. The van der Waals surface area contributed by atoms with Crippen LogP contribution in [-0.2, 0) is 20.9 Å². The van der Waals surface area contributed by atoms with E-state index in [2.05, 4.69) is 10.5 Å². The number of esters is 1. The van der Waals surface area contributed by atoms with Crippen molar-refractivity contribution in [2.75, 3.05) is 13.7 Å². The molecule has 1 heterocycles. The van der Waals surface area contributed by atoms with Gasteiger partial charge in [-0.15, -0.1) is 0 Å². The zero-order valence-electron chi connectivity index (χ0n) is 18.2. The molecule has 0 aliphatic heterocycles. The first kappa shape index (κ1) is 22.7. The number of hydrogen-bond donors (Lipinski definition) is 1. The van der Waals surface area contributed by atoms with Crippen molar-refractivity contribution in [3.63, 3.8) is 0 Å². The molecule has 32 heavy (non-hydrogen) atoms. The lowest BCUT2D eigenvalue weighted by molar-refractivity contribution is -0.152. The molecule has 8 nitrogen and oxygen atoms in total. The minimum Gasteiger partial charge on any atom is -0.464 e. The van der Waals surface area contributed by atoms with Crippen molar-refractivity contribution >= 4 is 17.8 Å². The molecule has 0 fully saturated rings. The SMILES string of the molecule is CCOC(=O)[C@@H](C(=O)NCc1cc(C)on1)N(C)C(=O)c1ccc(-c2ccccc2)cc1. The van der Waals surface area contributed by atoms with Gasteiger partial charge < -0.3 is 19.5 Å². The van der Waals surface area contributed by atoms with Gasteiger partial charge in [0, 0.05) is 18.7 Å². The smallest absolute Gasteiger partial charge is 0.338 e. The van der Waals surface area contributed by atoms with Crippen molar-refractivity contribution in [1.82, 2.24) is 15.4 Å². The van der Waals surface area contributed by atoms with E-state index in [9.17, 15) is 14.4 Å². The van der Waals surface area contributed by atoms with Gasteiger partial charge in [-0.1, -0.05) is 47.6 Å². The lowest BCUT2D eigenvalue weighted by atomic mass is 10.0. The molecule has 0 saturated heterocycles. The third kappa shape index (κ3) is 5.40. The van der Waals surface area contributed by atoms with Crippen LogP contribution in [0.5, 0.6) is 0 Å². The third-order valence-corrected chi connectivity index (χ3v) is 4.83. The second-order valence-electron chi connectivity index (χ2n) is 7.16.